The zero-order chi connectivity index (χ0) is 32.4. The minimum atomic E-state index is -1.05. The number of carbonyl (C=O) groups is 2. The minimum Gasteiger partial charge on any atom is -0.493 e. The molecule has 6 nitrogen and oxygen atoms in total. The number of carboxylic acid groups (broad SMARTS) is 1. The van der Waals surface area contributed by atoms with Crippen LogP contribution in [0.3, 0.4) is 0 Å². The molecule has 1 aliphatic rings. The second-order valence-electron chi connectivity index (χ2n) is 12.2. The number of aryl methyl sites for hydroxylation is 3. The fourth-order valence-corrected chi connectivity index (χ4v) is 6.70. The fourth-order valence-electron chi connectivity index (χ4n) is 6.70. The summed E-state index contributed by atoms with van der Waals surface area (Å²) < 4.78 is 6.06. The molecule has 1 heterocycles. The number of unbranched alkanes of at least 4 members (excludes halogenated alkanes) is 3. The van der Waals surface area contributed by atoms with E-state index in [4.69, 9.17) is 4.74 Å². The number of aldehydes is 1. The van der Waals surface area contributed by atoms with E-state index in [0.29, 0.717) is 17.9 Å². The summed E-state index contributed by atoms with van der Waals surface area (Å²) in [7, 11) is 0. The average Bonchev–Trinajstić information content (AvgIpc) is 3.34. The maximum atomic E-state index is 12.8. The van der Waals surface area contributed by atoms with E-state index in [2.05, 4.69) is 66.3 Å². The molecule has 0 bridgehead atoms. The summed E-state index contributed by atoms with van der Waals surface area (Å²) in [5, 5.41) is 10.5. The number of benzene rings is 4. The predicted molar refractivity (Wildman–Crippen MR) is 181 cm³/mol. The average molecular weight is 611 g/mol. The van der Waals surface area contributed by atoms with E-state index in [1.54, 1.807) is 24.5 Å². The van der Waals surface area contributed by atoms with Gasteiger partial charge in [0, 0.05) is 17.3 Å². The summed E-state index contributed by atoms with van der Waals surface area (Å²) >= 11 is 0. The molecule has 0 amide bonds. The van der Waals surface area contributed by atoms with E-state index < -0.39 is 11.4 Å². The van der Waals surface area contributed by atoms with Crippen LogP contribution in [0.2, 0.25) is 0 Å². The molecule has 6 rings (SSSR count). The van der Waals surface area contributed by atoms with Crippen LogP contribution in [0, 0.1) is 20.8 Å². The van der Waals surface area contributed by atoms with Crippen molar-refractivity contribution in [3.63, 3.8) is 0 Å². The zero-order valence-corrected chi connectivity index (χ0v) is 26.8. The number of fused-ring (bicyclic) bond motifs is 3. The SMILES string of the molecule is CCCCCCOc1ccc(C2(c3ccc(C)c(C=O)c3)c3cc(C)ccc3-c3ccc(-c4cnc(C)cn4)cc32)cc1C(=O)O. The standard InChI is InChI=1S/C40H38N2O4/c1-5-6-7-8-17-46-38-16-13-31(21-34(38)39(44)45)40(30-12-10-26(3)29(19-30)24-43)35-18-25(2)9-14-32(35)33-15-11-28(20-36(33)40)37-23-41-27(4)22-42-37/h9-16,18-24H,5-8,17H2,1-4H3,(H,44,45). The molecule has 4 aromatic carbocycles. The van der Waals surface area contributed by atoms with E-state index in [1.165, 1.54) is 0 Å². The monoisotopic (exact) mass is 610 g/mol. The van der Waals surface area contributed by atoms with E-state index in [1.807, 2.05) is 32.0 Å². The van der Waals surface area contributed by atoms with Gasteiger partial charge in [-0.1, -0.05) is 80.3 Å². The van der Waals surface area contributed by atoms with Crippen LogP contribution in [0.1, 0.15) is 92.4 Å². The molecule has 1 N–H and O–H groups in total. The fraction of sp³-hybridized carbons (Fsp3) is 0.250. The first-order valence-corrected chi connectivity index (χ1v) is 15.9. The third-order valence-electron chi connectivity index (χ3n) is 9.11. The lowest BCUT2D eigenvalue weighted by atomic mass is 9.66. The van der Waals surface area contributed by atoms with Gasteiger partial charge in [-0.25, -0.2) is 4.79 Å². The quantitative estimate of drug-likeness (QED) is 0.116. The van der Waals surface area contributed by atoms with Gasteiger partial charge in [0.25, 0.3) is 0 Å². The van der Waals surface area contributed by atoms with E-state index >= 15 is 0 Å². The van der Waals surface area contributed by atoms with Gasteiger partial charge in [0.15, 0.2) is 0 Å². The van der Waals surface area contributed by atoms with Crippen LogP contribution in [-0.2, 0) is 5.41 Å². The molecule has 0 aliphatic heterocycles. The van der Waals surface area contributed by atoms with Crippen molar-refractivity contribution in [1.29, 1.82) is 0 Å². The Morgan fingerprint density at radius 2 is 1.57 bits per heavy atom. The van der Waals surface area contributed by atoms with Gasteiger partial charge >= 0.3 is 5.97 Å². The maximum Gasteiger partial charge on any atom is 0.339 e. The van der Waals surface area contributed by atoms with Gasteiger partial charge in [-0.2, -0.15) is 0 Å². The molecule has 0 saturated heterocycles. The number of ether oxygens (including phenoxy) is 1. The van der Waals surface area contributed by atoms with Crippen molar-refractivity contribution >= 4 is 12.3 Å². The Morgan fingerprint density at radius 1 is 0.826 bits per heavy atom. The number of aromatic nitrogens is 2. The lowest BCUT2D eigenvalue weighted by Crippen LogP contribution is -2.29. The summed E-state index contributed by atoms with van der Waals surface area (Å²) in [6.07, 6.45) is 8.54. The highest BCUT2D eigenvalue weighted by atomic mass is 16.5. The van der Waals surface area contributed by atoms with E-state index in [0.717, 1.165) is 93.4 Å². The molecule has 1 aromatic heterocycles. The maximum absolute atomic E-state index is 12.8. The molecule has 0 radical (unpaired) electrons. The zero-order valence-electron chi connectivity index (χ0n) is 26.8. The molecular formula is C40H38N2O4. The lowest BCUT2D eigenvalue weighted by molar-refractivity contribution is 0.0691. The predicted octanol–water partition coefficient (Wildman–Crippen LogP) is 8.90. The first kappa shape index (κ1) is 30.9. The van der Waals surface area contributed by atoms with Crippen LogP contribution in [-0.4, -0.2) is 33.9 Å². The molecule has 1 aliphatic carbocycles. The molecule has 0 fully saturated rings. The number of carbonyl (C=O) groups excluding carboxylic acids is 1. The largest absolute Gasteiger partial charge is 0.493 e. The minimum absolute atomic E-state index is 0.110. The van der Waals surface area contributed by atoms with Crippen LogP contribution in [0.25, 0.3) is 22.4 Å². The Kier molecular flexibility index (Phi) is 8.55. The van der Waals surface area contributed by atoms with Crippen molar-refractivity contribution in [2.24, 2.45) is 0 Å². The Balaban J connectivity index is 1.64. The highest BCUT2D eigenvalue weighted by Gasteiger charge is 2.47. The van der Waals surface area contributed by atoms with Gasteiger partial charge in [0.05, 0.1) is 29.6 Å². The number of hydrogen-bond donors (Lipinski definition) is 1. The molecule has 0 saturated carbocycles. The van der Waals surface area contributed by atoms with Crippen molar-refractivity contribution < 1.29 is 19.4 Å². The lowest BCUT2D eigenvalue weighted by Gasteiger charge is -2.35. The van der Waals surface area contributed by atoms with Gasteiger partial charge in [-0.3, -0.25) is 14.8 Å². The molecule has 6 heteroatoms. The smallest absolute Gasteiger partial charge is 0.339 e. The number of carboxylic acids is 1. The Bertz CT molecular complexity index is 1950. The normalized spacial score (nSPS) is 14.9. The Morgan fingerprint density at radius 3 is 2.28 bits per heavy atom. The van der Waals surface area contributed by atoms with Gasteiger partial charge in [-0.15, -0.1) is 0 Å². The molecule has 1 unspecified atom stereocenters. The topological polar surface area (TPSA) is 89.4 Å². The number of aromatic carboxylic acids is 1. The van der Waals surface area contributed by atoms with Crippen LogP contribution in [0.15, 0.2) is 85.2 Å². The molecule has 46 heavy (non-hydrogen) atoms. The second-order valence-corrected chi connectivity index (χ2v) is 12.2. The summed E-state index contributed by atoms with van der Waals surface area (Å²) in [5.74, 6) is -0.698. The molecule has 5 aromatic rings. The number of rotatable bonds is 11. The van der Waals surface area contributed by atoms with Crippen molar-refractivity contribution in [3.8, 4) is 28.1 Å². The molecule has 232 valence electrons. The second kappa shape index (κ2) is 12.7. The van der Waals surface area contributed by atoms with Crippen LogP contribution in [0.5, 0.6) is 5.75 Å². The van der Waals surface area contributed by atoms with Crippen molar-refractivity contribution in [3.05, 3.63) is 135 Å². The Hall–Kier alpha value is -5.10. The van der Waals surface area contributed by atoms with E-state index in [-0.39, 0.29) is 5.56 Å². The first-order chi connectivity index (χ1) is 22.3. The highest BCUT2D eigenvalue weighted by Crippen LogP contribution is 2.57. The third kappa shape index (κ3) is 5.38. The van der Waals surface area contributed by atoms with Gasteiger partial charge in [0.1, 0.15) is 17.6 Å². The number of hydrogen-bond acceptors (Lipinski definition) is 5. The van der Waals surface area contributed by atoms with Crippen LogP contribution >= 0.6 is 0 Å². The molecular weight excluding hydrogens is 572 g/mol. The van der Waals surface area contributed by atoms with Gasteiger partial charge in [-0.05, 0) is 90.4 Å². The summed E-state index contributed by atoms with van der Waals surface area (Å²) in [6, 6.07) is 24.2. The molecule has 0 spiro atoms. The van der Waals surface area contributed by atoms with E-state index in [9.17, 15) is 14.7 Å². The van der Waals surface area contributed by atoms with Crippen molar-refractivity contribution in [2.75, 3.05) is 6.61 Å². The third-order valence-corrected chi connectivity index (χ3v) is 9.11. The van der Waals surface area contributed by atoms with Gasteiger partial charge < -0.3 is 9.84 Å². The highest BCUT2D eigenvalue weighted by molar-refractivity contribution is 5.93. The van der Waals surface area contributed by atoms with Crippen molar-refractivity contribution in [2.45, 2.75) is 58.8 Å². The summed E-state index contributed by atoms with van der Waals surface area (Å²) in [5.41, 5.74) is 9.96. The number of nitrogens with zero attached hydrogens (tertiary/aromatic N) is 2. The molecule has 1 atom stereocenters. The van der Waals surface area contributed by atoms with Gasteiger partial charge in [0.2, 0.25) is 0 Å². The summed E-state index contributed by atoms with van der Waals surface area (Å²) in [4.78, 5) is 34.2. The summed E-state index contributed by atoms with van der Waals surface area (Å²) in [6.45, 7) is 8.50. The first-order valence-electron chi connectivity index (χ1n) is 15.9. The van der Waals surface area contributed by atoms with Crippen LogP contribution in [0.4, 0.5) is 0 Å². The van der Waals surface area contributed by atoms with Crippen molar-refractivity contribution in [1.82, 2.24) is 9.97 Å². The Labute approximate surface area is 270 Å². The van der Waals surface area contributed by atoms with Crippen LogP contribution < -0.4 is 4.74 Å².